The highest BCUT2D eigenvalue weighted by atomic mass is 79.9. The fourth-order valence-corrected chi connectivity index (χ4v) is 13.4. The molecule has 0 bridgehead atoms. The van der Waals surface area contributed by atoms with E-state index in [1.165, 1.54) is 91.4 Å². The van der Waals surface area contributed by atoms with Gasteiger partial charge in [-0.2, -0.15) is 0 Å². The second-order valence-electron chi connectivity index (χ2n) is 23.0. The normalized spacial score (nSPS) is 11.3. The summed E-state index contributed by atoms with van der Waals surface area (Å²) in [5.74, 6) is 0. The molecule has 440 valence electrons. The third-order valence-electron chi connectivity index (χ3n) is 17.2. The van der Waals surface area contributed by atoms with Crippen molar-refractivity contribution in [2.75, 3.05) is 0 Å². The molecule has 2 aromatic heterocycles. The Morgan fingerprint density at radius 1 is 0.226 bits per heavy atom. The Morgan fingerprint density at radius 2 is 0.430 bits per heavy atom. The maximum absolute atomic E-state index is 9.32. The molecule has 0 atom stereocenters. The van der Waals surface area contributed by atoms with Crippen LogP contribution in [0.2, 0.25) is 0 Å². The van der Waals surface area contributed by atoms with E-state index in [9.17, 15) is 20.1 Å². The van der Waals surface area contributed by atoms with Gasteiger partial charge in [-0.05, 0) is 156 Å². The molecule has 8 nitrogen and oxygen atoms in total. The van der Waals surface area contributed by atoms with Crippen LogP contribution in [0.3, 0.4) is 0 Å². The summed E-state index contributed by atoms with van der Waals surface area (Å²) in [5, 5.41) is 52.4. The monoisotopic (exact) mass is 1260 g/mol. The minimum atomic E-state index is -1.53. The van der Waals surface area contributed by atoms with E-state index < -0.39 is 14.2 Å². The van der Waals surface area contributed by atoms with E-state index in [1.54, 1.807) is 48.5 Å². The van der Waals surface area contributed by atoms with Crippen LogP contribution < -0.4 is 10.9 Å². The van der Waals surface area contributed by atoms with Crippen molar-refractivity contribution in [1.82, 2.24) is 19.9 Å². The molecular weight excluding hydrogens is 1210 g/mol. The molecular formula is C82H55B2BrN4O4. The number of para-hydroxylation sites is 4. The SMILES string of the molecule is Brc1c2ccccc2cc2ccccc12.OB(O)c1ccc(-c2nc3ccccc3nc2-c2ccc(B(O)O)cc2)cc1.c1ccc2c(-c3ccc(-c4nc5ccccc5nc4-c4ccc(-c5c6ccccc6cc6ccccc56)cc4)cc3)c3ccccc3cc2c1. The Morgan fingerprint density at radius 3 is 0.688 bits per heavy atom. The van der Waals surface area contributed by atoms with Crippen LogP contribution in [0.1, 0.15) is 0 Å². The van der Waals surface area contributed by atoms with Crippen LogP contribution in [0, 0.1) is 0 Å². The van der Waals surface area contributed by atoms with Crippen LogP contribution in [0.15, 0.2) is 314 Å². The molecule has 0 aliphatic rings. The molecule has 17 rings (SSSR count). The molecule has 0 radical (unpaired) electrons. The van der Waals surface area contributed by atoms with Crippen molar-refractivity contribution in [2.24, 2.45) is 0 Å². The maximum atomic E-state index is 9.32. The summed E-state index contributed by atoms with van der Waals surface area (Å²) in [5.41, 5.74) is 15.6. The van der Waals surface area contributed by atoms with E-state index in [1.807, 2.05) is 48.5 Å². The summed E-state index contributed by atoms with van der Waals surface area (Å²) < 4.78 is 1.19. The largest absolute Gasteiger partial charge is 0.488 e. The van der Waals surface area contributed by atoms with Gasteiger partial charge in [0.25, 0.3) is 0 Å². The average molecular weight is 1260 g/mol. The molecule has 93 heavy (non-hydrogen) atoms. The fraction of sp³-hybridized carbons (Fsp3) is 0. The first-order valence-electron chi connectivity index (χ1n) is 30.7. The molecule has 15 aromatic carbocycles. The van der Waals surface area contributed by atoms with E-state index in [0.29, 0.717) is 22.3 Å². The topological polar surface area (TPSA) is 132 Å². The van der Waals surface area contributed by atoms with Gasteiger partial charge in [0.15, 0.2) is 0 Å². The van der Waals surface area contributed by atoms with Crippen molar-refractivity contribution in [1.29, 1.82) is 0 Å². The predicted octanol–water partition coefficient (Wildman–Crippen LogP) is 18.0. The van der Waals surface area contributed by atoms with Gasteiger partial charge in [-0.15, -0.1) is 0 Å². The van der Waals surface area contributed by atoms with E-state index >= 15 is 0 Å². The third kappa shape index (κ3) is 11.6. The lowest BCUT2D eigenvalue weighted by Crippen LogP contribution is -2.29. The van der Waals surface area contributed by atoms with Crippen molar-refractivity contribution in [3.63, 3.8) is 0 Å². The van der Waals surface area contributed by atoms with Crippen LogP contribution >= 0.6 is 15.9 Å². The molecule has 0 saturated carbocycles. The summed E-state index contributed by atoms with van der Waals surface area (Å²) in [7, 11) is -3.07. The zero-order valence-corrected chi connectivity index (χ0v) is 51.6. The van der Waals surface area contributed by atoms with Gasteiger partial charge in [0, 0.05) is 26.7 Å². The molecule has 0 saturated heterocycles. The molecule has 0 amide bonds. The Bertz CT molecular complexity index is 5210. The first kappa shape index (κ1) is 58.4. The highest BCUT2D eigenvalue weighted by Gasteiger charge is 2.20. The maximum Gasteiger partial charge on any atom is 0.488 e. The number of aromatic nitrogens is 4. The summed E-state index contributed by atoms with van der Waals surface area (Å²) in [6, 6.07) is 105. The Labute approximate surface area is 545 Å². The predicted molar refractivity (Wildman–Crippen MR) is 391 cm³/mol. The van der Waals surface area contributed by atoms with Gasteiger partial charge in [-0.3, -0.25) is 0 Å². The lowest BCUT2D eigenvalue weighted by molar-refractivity contribution is 0.424. The summed E-state index contributed by atoms with van der Waals surface area (Å²) in [6.45, 7) is 0. The first-order chi connectivity index (χ1) is 45.7. The van der Waals surface area contributed by atoms with Crippen molar-refractivity contribution >= 4 is 128 Å². The fourth-order valence-electron chi connectivity index (χ4n) is 12.6. The summed E-state index contributed by atoms with van der Waals surface area (Å²) >= 11 is 3.68. The molecule has 11 heteroatoms. The van der Waals surface area contributed by atoms with Gasteiger partial charge in [0.05, 0.1) is 44.8 Å². The number of fused-ring (bicyclic) bond motifs is 8. The second kappa shape index (κ2) is 25.3. The van der Waals surface area contributed by atoms with Gasteiger partial charge in [0.2, 0.25) is 0 Å². The molecule has 0 unspecified atom stereocenters. The minimum absolute atomic E-state index is 0.389. The molecule has 0 aliphatic carbocycles. The zero-order chi connectivity index (χ0) is 62.9. The molecule has 17 aromatic rings. The van der Waals surface area contributed by atoms with Crippen LogP contribution in [-0.4, -0.2) is 54.3 Å². The second-order valence-corrected chi connectivity index (χ2v) is 23.8. The van der Waals surface area contributed by atoms with Crippen molar-refractivity contribution in [3.05, 3.63) is 314 Å². The first-order valence-corrected chi connectivity index (χ1v) is 31.5. The van der Waals surface area contributed by atoms with Gasteiger partial charge < -0.3 is 20.1 Å². The van der Waals surface area contributed by atoms with Crippen LogP contribution in [0.4, 0.5) is 0 Å². The van der Waals surface area contributed by atoms with Gasteiger partial charge >= 0.3 is 14.2 Å². The summed E-state index contributed by atoms with van der Waals surface area (Å²) in [6.07, 6.45) is 0. The number of benzene rings is 15. The number of nitrogens with zero attached hydrogens (tertiary/aromatic N) is 4. The quantitative estimate of drug-likeness (QED) is 0.0874. The number of halogens is 1. The Balaban J connectivity index is 0.000000138. The van der Waals surface area contributed by atoms with Crippen molar-refractivity contribution in [3.8, 4) is 67.3 Å². The zero-order valence-electron chi connectivity index (χ0n) is 50.1. The molecule has 0 aliphatic heterocycles. The molecule has 2 heterocycles. The van der Waals surface area contributed by atoms with E-state index in [-0.39, 0.29) is 0 Å². The highest BCUT2D eigenvalue weighted by Crippen LogP contribution is 2.41. The van der Waals surface area contributed by atoms with Gasteiger partial charge in [-0.25, -0.2) is 19.9 Å². The summed E-state index contributed by atoms with van der Waals surface area (Å²) in [4.78, 5) is 20.0. The van der Waals surface area contributed by atoms with Gasteiger partial charge in [-0.1, -0.05) is 267 Å². The number of rotatable bonds is 8. The molecule has 4 N–H and O–H groups in total. The van der Waals surface area contributed by atoms with Crippen LogP contribution in [-0.2, 0) is 0 Å². The number of hydrogen-bond acceptors (Lipinski definition) is 8. The van der Waals surface area contributed by atoms with Crippen LogP contribution in [0.25, 0.3) is 154 Å². The lowest BCUT2D eigenvalue weighted by Gasteiger charge is -2.15. The van der Waals surface area contributed by atoms with Crippen LogP contribution in [0.5, 0.6) is 0 Å². The lowest BCUT2D eigenvalue weighted by atomic mass is 9.79. The smallest absolute Gasteiger partial charge is 0.423 e. The van der Waals surface area contributed by atoms with E-state index in [0.717, 1.165) is 55.7 Å². The van der Waals surface area contributed by atoms with Crippen molar-refractivity contribution in [2.45, 2.75) is 0 Å². The number of hydrogen-bond donors (Lipinski definition) is 4. The highest BCUT2D eigenvalue weighted by molar-refractivity contribution is 9.10. The Kier molecular flexibility index (Phi) is 15.9. The standard InChI is InChI=1S/C48H30N2.C20H16B2N2O4.C14H9Br/c1-5-15-39-35(11-1)29-36-12-2-6-16-40(36)45(39)31-21-25-33(26-22-31)47-48(50-44-20-10-9-19-43(44)49-47)34-27-23-32(24-28-34)46-41-17-7-3-13-37(41)30-38-14-4-8-18-42(38)46;25-21(26)15-9-5-13(6-10-15)19-20(14-7-11-16(12-8-14)22(27)28)24-18-4-2-1-3-17(18)23-19;15-14-12-7-3-1-5-10(12)9-11-6-2-4-8-13(11)14/h1-30H;1-12,25-28H;1-9H. The van der Waals surface area contributed by atoms with Gasteiger partial charge in [0.1, 0.15) is 0 Å². The van der Waals surface area contributed by atoms with E-state index in [4.69, 9.17) is 19.9 Å². The molecule has 0 fully saturated rings. The van der Waals surface area contributed by atoms with Crippen molar-refractivity contribution < 1.29 is 20.1 Å². The Hall–Kier alpha value is -11.0. The third-order valence-corrected chi connectivity index (χ3v) is 18.1. The molecule has 0 spiro atoms. The minimum Gasteiger partial charge on any atom is -0.423 e. The average Bonchev–Trinajstić information content (AvgIpc) is 0.857. The van der Waals surface area contributed by atoms with E-state index in [2.05, 4.69) is 228 Å².